The maximum Gasteiger partial charge on any atom is 0.317 e. The number of hydrogen-bond donors (Lipinski definition) is 3. The fourth-order valence-corrected chi connectivity index (χ4v) is 5.05. The summed E-state index contributed by atoms with van der Waals surface area (Å²) in [7, 11) is 0. The van der Waals surface area contributed by atoms with Gasteiger partial charge in [-0.05, 0) is 35.1 Å². The van der Waals surface area contributed by atoms with E-state index in [-0.39, 0.29) is 24.9 Å². The zero-order chi connectivity index (χ0) is 23.3. The van der Waals surface area contributed by atoms with Gasteiger partial charge in [0.25, 0.3) is 0 Å². The van der Waals surface area contributed by atoms with Gasteiger partial charge in [0.15, 0.2) is 0 Å². The van der Waals surface area contributed by atoms with E-state index in [1.165, 1.54) is 16.7 Å². The predicted molar refractivity (Wildman–Crippen MR) is 131 cm³/mol. The summed E-state index contributed by atoms with van der Waals surface area (Å²) < 4.78 is 0. The van der Waals surface area contributed by atoms with Gasteiger partial charge in [-0.3, -0.25) is 29.7 Å². The molecule has 3 aliphatic heterocycles. The van der Waals surface area contributed by atoms with Crippen LogP contribution in [0.4, 0.5) is 0 Å². The van der Waals surface area contributed by atoms with E-state index in [9.17, 15) is 4.79 Å². The van der Waals surface area contributed by atoms with Crippen LogP contribution in [0.25, 0.3) is 0 Å². The van der Waals surface area contributed by atoms with Crippen LogP contribution in [0.15, 0.2) is 53.5 Å². The second-order valence-electron chi connectivity index (χ2n) is 9.37. The van der Waals surface area contributed by atoms with Crippen LogP contribution in [-0.2, 0) is 16.1 Å². The third-order valence-corrected chi connectivity index (χ3v) is 6.95. The molecule has 3 atom stereocenters. The van der Waals surface area contributed by atoms with Crippen molar-refractivity contribution >= 4 is 12.2 Å². The molecule has 0 spiro atoms. The maximum absolute atomic E-state index is 10.9. The van der Waals surface area contributed by atoms with Crippen molar-refractivity contribution < 1.29 is 14.7 Å². The Labute approximate surface area is 200 Å². The van der Waals surface area contributed by atoms with Gasteiger partial charge in [-0.15, -0.1) is 0 Å². The van der Waals surface area contributed by atoms with Crippen LogP contribution in [0.1, 0.15) is 40.9 Å². The Kier molecular flexibility index (Phi) is 7.32. The second kappa shape index (κ2) is 10.8. The lowest BCUT2D eigenvalue weighted by atomic mass is 9.99. The van der Waals surface area contributed by atoms with Crippen LogP contribution in [0, 0.1) is 0 Å². The molecule has 2 aromatic rings. The summed E-state index contributed by atoms with van der Waals surface area (Å²) in [4.78, 5) is 25.9. The number of hydroxylamine groups is 1. The van der Waals surface area contributed by atoms with Crippen molar-refractivity contribution in [3.63, 3.8) is 0 Å². The highest BCUT2D eigenvalue weighted by molar-refractivity contribution is 5.79. The van der Waals surface area contributed by atoms with E-state index in [0.29, 0.717) is 0 Å². The van der Waals surface area contributed by atoms with E-state index < -0.39 is 5.97 Å². The Morgan fingerprint density at radius 2 is 1.85 bits per heavy atom. The molecule has 2 saturated heterocycles. The molecule has 3 N–H and O–H groups in total. The number of hydrogen-bond acceptors (Lipinski definition) is 7. The largest absolute Gasteiger partial charge is 0.480 e. The van der Waals surface area contributed by atoms with Crippen LogP contribution in [0.3, 0.4) is 0 Å². The molecule has 2 aromatic carbocycles. The molecule has 8 heteroatoms. The van der Waals surface area contributed by atoms with E-state index in [1.54, 1.807) is 0 Å². The number of aliphatic carboxylic acids is 1. The molecule has 2 fully saturated rings. The van der Waals surface area contributed by atoms with Crippen molar-refractivity contribution in [3.05, 3.63) is 70.8 Å². The Morgan fingerprint density at radius 1 is 1.09 bits per heavy atom. The summed E-state index contributed by atoms with van der Waals surface area (Å²) in [6, 6.07) is 17.2. The van der Waals surface area contributed by atoms with Gasteiger partial charge >= 0.3 is 5.97 Å². The highest BCUT2D eigenvalue weighted by Gasteiger charge is 2.29. The molecule has 5 rings (SSSR count). The normalized spacial score (nSPS) is 26.1. The van der Waals surface area contributed by atoms with Gasteiger partial charge in [-0.1, -0.05) is 48.5 Å². The van der Waals surface area contributed by atoms with E-state index in [0.717, 1.165) is 57.7 Å². The number of rotatable bonds is 7. The summed E-state index contributed by atoms with van der Waals surface area (Å²) in [5.74, 6) is -0.757. The highest BCUT2D eigenvalue weighted by atomic mass is 16.7. The van der Waals surface area contributed by atoms with Gasteiger partial charge in [0.05, 0.1) is 18.7 Å². The van der Waals surface area contributed by atoms with Gasteiger partial charge < -0.3 is 5.11 Å². The molecule has 8 nitrogen and oxygen atoms in total. The quantitative estimate of drug-likeness (QED) is 0.541. The van der Waals surface area contributed by atoms with Crippen molar-refractivity contribution in [3.8, 4) is 0 Å². The maximum atomic E-state index is 10.9. The average Bonchev–Trinajstić information content (AvgIpc) is 3.32. The number of carbonyl (C=O) groups is 1. The van der Waals surface area contributed by atoms with Gasteiger partial charge in [0.1, 0.15) is 6.17 Å². The van der Waals surface area contributed by atoms with Crippen molar-refractivity contribution in [2.45, 2.75) is 31.2 Å². The summed E-state index contributed by atoms with van der Waals surface area (Å²) in [6.07, 6.45) is 4.08. The van der Waals surface area contributed by atoms with Gasteiger partial charge in [-0.25, -0.2) is 0 Å². The monoisotopic (exact) mass is 463 g/mol. The lowest BCUT2D eigenvalue weighted by Gasteiger charge is -2.34. The Balaban J connectivity index is 1.11. The number of benzene rings is 2. The molecule has 0 bridgehead atoms. The molecule has 2 unspecified atom stereocenters. The molecular formula is C26H33N5O3. The molecule has 0 aromatic heterocycles. The summed E-state index contributed by atoms with van der Waals surface area (Å²) in [6.45, 7) is 5.29. The van der Waals surface area contributed by atoms with Crippen LogP contribution in [0.2, 0.25) is 0 Å². The number of nitrogens with zero attached hydrogens (tertiary/aromatic N) is 3. The number of aliphatic imine (C=N–C) groups is 1. The molecule has 34 heavy (non-hydrogen) atoms. The van der Waals surface area contributed by atoms with E-state index >= 15 is 0 Å². The third-order valence-electron chi connectivity index (χ3n) is 6.95. The van der Waals surface area contributed by atoms with Crippen molar-refractivity contribution in [2.75, 3.05) is 45.8 Å². The molecule has 0 amide bonds. The second-order valence-corrected chi connectivity index (χ2v) is 9.37. The van der Waals surface area contributed by atoms with E-state index in [1.807, 2.05) is 11.1 Å². The Hall–Kier alpha value is -2.62. The lowest BCUT2D eigenvalue weighted by molar-refractivity contribution is -0.138. The minimum atomic E-state index is -0.757. The van der Waals surface area contributed by atoms with Crippen molar-refractivity contribution in [1.29, 1.82) is 0 Å². The SMILES string of the molecule is O=C(O)CN1CCN(C[C@H]2CC(c3ccc(C=NC4NCCc5ccccc54)cc3)NO2)CC1. The first kappa shape index (κ1) is 23.1. The van der Waals surface area contributed by atoms with Gasteiger partial charge in [0.2, 0.25) is 0 Å². The fraction of sp³-hybridized carbons (Fsp3) is 0.462. The van der Waals surface area contributed by atoms with Crippen LogP contribution in [0.5, 0.6) is 0 Å². The number of fused-ring (bicyclic) bond motifs is 1. The molecule has 0 radical (unpaired) electrons. The Bertz CT molecular complexity index is 1000. The average molecular weight is 464 g/mol. The lowest BCUT2D eigenvalue weighted by Crippen LogP contribution is -2.49. The first-order valence-electron chi connectivity index (χ1n) is 12.2. The fourth-order valence-electron chi connectivity index (χ4n) is 5.05. The van der Waals surface area contributed by atoms with Crippen LogP contribution >= 0.6 is 0 Å². The van der Waals surface area contributed by atoms with Crippen LogP contribution < -0.4 is 10.8 Å². The molecule has 3 heterocycles. The number of carboxylic acid groups (broad SMARTS) is 1. The molecule has 0 saturated carbocycles. The minimum absolute atomic E-state index is 0.0151. The van der Waals surface area contributed by atoms with E-state index in [2.05, 4.69) is 64.2 Å². The van der Waals surface area contributed by atoms with E-state index in [4.69, 9.17) is 14.9 Å². The standard InChI is InChI=1S/C26H33N5O3/c32-25(33)18-31-13-11-30(12-14-31)17-22-15-24(29-34-22)21-7-5-19(6-8-21)16-28-26-23-4-2-1-3-20(23)9-10-27-26/h1-8,16,22,24,26-27,29H,9-15,17-18H2,(H,32,33)/t22-,24?,26?/m1/s1. The van der Waals surface area contributed by atoms with Gasteiger partial charge in [-0.2, -0.15) is 5.48 Å². The number of piperazine rings is 1. The summed E-state index contributed by atoms with van der Waals surface area (Å²) in [5, 5.41) is 12.4. The first-order valence-corrected chi connectivity index (χ1v) is 12.2. The molecular weight excluding hydrogens is 430 g/mol. The zero-order valence-corrected chi connectivity index (χ0v) is 19.4. The molecule has 3 aliphatic rings. The van der Waals surface area contributed by atoms with Crippen molar-refractivity contribution in [1.82, 2.24) is 20.6 Å². The molecule has 180 valence electrons. The zero-order valence-electron chi connectivity index (χ0n) is 19.4. The third kappa shape index (κ3) is 5.71. The summed E-state index contributed by atoms with van der Waals surface area (Å²) in [5.41, 5.74) is 8.15. The minimum Gasteiger partial charge on any atom is -0.480 e. The number of carboxylic acids is 1. The predicted octanol–water partition coefficient (Wildman–Crippen LogP) is 1.99. The molecule has 0 aliphatic carbocycles. The van der Waals surface area contributed by atoms with Crippen molar-refractivity contribution in [2.24, 2.45) is 4.99 Å². The number of nitrogens with one attached hydrogen (secondary N) is 2. The summed E-state index contributed by atoms with van der Waals surface area (Å²) >= 11 is 0. The smallest absolute Gasteiger partial charge is 0.317 e. The Morgan fingerprint density at radius 3 is 2.65 bits per heavy atom. The topological polar surface area (TPSA) is 89.4 Å². The van der Waals surface area contributed by atoms with Crippen LogP contribution in [-0.4, -0.2) is 79.0 Å². The highest BCUT2D eigenvalue weighted by Crippen LogP contribution is 2.27. The first-order chi connectivity index (χ1) is 16.6. The van der Waals surface area contributed by atoms with Gasteiger partial charge in [0, 0.05) is 45.5 Å².